The molecule has 4 nitrogen and oxygen atoms in total. The molecule has 1 atom stereocenters. The Balaban J connectivity index is 2.23. The van der Waals surface area contributed by atoms with Crippen LogP contribution in [-0.2, 0) is 10.6 Å². The van der Waals surface area contributed by atoms with Gasteiger partial charge in [-0.05, 0) is 6.07 Å². The zero-order chi connectivity index (χ0) is 13.5. The maximum absolute atomic E-state index is 12.0. The predicted molar refractivity (Wildman–Crippen MR) is 69.1 cm³/mol. The molecule has 3 rings (SSSR count). The fourth-order valence-corrected chi connectivity index (χ4v) is 2.30. The molecule has 0 saturated heterocycles. The third kappa shape index (κ3) is 1.73. The number of rotatable bonds is 1. The second-order valence-electron chi connectivity index (χ2n) is 4.45. The van der Waals surface area contributed by atoms with Crippen LogP contribution in [-0.4, -0.2) is 23.1 Å². The molecule has 1 N–H and O–H groups in total. The fourth-order valence-electron chi connectivity index (χ4n) is 2.30. The Bertz CT molecular complexity index is 626. The molecule has 0 aromatic heterocycles. The van der Waals surface area contributed by atoms with Gasteiger partial charge in [-0.3, -0.25) is 4.79 Å². The van der Waals surface area contributed by atoms with Gasteiger partial charge < -0.3 is 5.11 Å². The van der Waals surface area contributed by atoms with E-state index >= 15 is 0 Å². The largest absolute Gasteiger partial charge is 0.357 e. The first-order chi connectivity index (χ1) is 9.13. The Morgan fingerprint density at radius 1 is 1.05 bits per heavy atom. The van der Waals surface area contributed by atoms with E-state index in [-0.39, 0.29) is 5.91 Å². The molecule has 96 valence electrons. The second kappa shape index (κ2) is 4.19. The van der Waals surface area contributed by atoms with Gasteiger partial charge in [0.15, 0.2) is 0 Å². The first-order valence-electron chi connectivity index (χ1n) is 5.97. The Hall–Kier alpha value is -2.17. The van der Waals surface area contributed by atoms with Crippen molar-refractivity contribution in [3.8, 4) is 0 Å². The highest BCUT2D eigenvalue weighted by atomic mass is 16.8. The van der Waals surface area contributed by atoms with Crippen LogP contribution in [0.4, 0.5) is 0 Å². The van der Waals surface area contributed by atoms with Gasteiger partial charge in [0.05, 0.1) is 5.56 Å². The lowest BCUT2D eigenvalue weighted by molar-refractivity contribution is -0.292. The quantitative estimate of drug-likeness (QED) is 0.846. The van der Waals surface area contributed by atoms with Crippen LogP contribution in [0.15, 0.2) is 54.6 Å². The van der Waals surface area contributed by atoms with Crippen LogP contribution in [0.3, 0.4) is 0 Å². The lowest BCUT2D eigenvalue weighted by Crippen LogP contribution is -2.46. The average Bonchev–Trinajstić information content (AvgIpc) is 2.46. The summed E-state index contributed by atoms with van der Waals surface area (Å²) >= 11 is 0. The van der Waals surface area contributed by atoms with E-state index in [2.05, 4.69) is 0 Å². The summed E-state index contributed by atoms with van der Waals surface area (Å²) in [5.74, 6) is -1.91. The molecule has 1 aliphatic rings. The SMILES string of the molecule is CN1O[C@](O)(c2ccccc2)c2ccccc2C1=O. The van der Waals surface area contributed by atoms with Gasteiger partial charge in [0, 0.05) is 18.2 Å². The zero-order valence-corrected chi connectivity index (χ0v) is 10.4. The van der Waals surface area contributed by atoms with E-state index in [0.717, 1.165) is 5.06 Å². The molecule has 0 radical (unpaired) electrons. The number of fused-ring (bicyclic) bond motifs is 1. The molecule has 1 heterocycles. The van der Waals surface area contributed by atoms with Crippen LogP contribution in [0, 0.1) is 0 Å². The predicted octanol–water partition coefficient (Wildman–Crippen LogP) is 1.90. The van der Waals surface area contributed by atoms with Crippen molar-refractivity contribution in [1.82, 2.24) is 5.06 Å². The molecular formula is C15H13NO3. The van der Waals surface area contributed by atoms with Crippen molar-refractivity contribution in [2.75, 3.05) is 7.05 Å². The molecule has 2 aromatic carbocycles. The molecule has 0 spiro atoms. The van der Waals surface area contributed by atoms with Gasteiger partial charge in [0.25, 0.3) is 5.91 Å². The van der Waals surface area contributed by atoms with Gasteiger partial charge in [0.1, 0.15) is 0 Å². The second-order valence-corrected chi connectivity index (χ2v) is 4.45. The molecule has 0 fully saturated rings. The van der Waals surface area contributed by atoms with Gasteiger partial charge in [0.2, 0.25) is 5.79 Å². The first kappa shape index (κ1) is 11.9. The van der Waals surface area contributed by atoms with Crippen molar-refractivity contribution in [3.05, 3.63) is 71.3 Å². The van der Waals surface area contributed by atoms with E-state index in [0.29, 0.717) is 16.7 Å². The van der Waals surface area contributed by atoms with E-state index in [4.69, 9.17) is 4.84 Å². The minimum Gasteiger partial charge on any atom is -0.357 e. The van der Waals surface area contributed by atoms with E-state index in [1.54, 1.807) is 36.4 Å². The highest BCUT2D eigenvalue weighted by Crippen LogP contribution is 2.37. The van der Waals surface area contributed by atoms with Gasteiger partial charge in [-0.25, -0.2) is 9.90 Å². The summed E-state index contributed by atoms with van der Waals surface area (Å²) in [7, 11) is 1.49. The van der Waals surface area contributed by atoms with Crippen LogP contribution in [0.5, 0.6) is 0 Å². The summed E-state index contributed by atoms with van der Waals surface area (Å²) in [5.41, 5.74) is 1.49. The van der Waals surface area contributed by atoms with E-state index in [1.807, 2.05) is 18.2 Å². The number of amides is 1. The number of carbonyl (C=O) groups is 1. The van der Waals surface area contributed by atoms with Gasteiger partial charge in [-0.1, -0.05) is 48.5 Å². The van der Waals surface area contributed by atoms with E-state index < -0.39 is 5.79 Å². The minimum atomic E-state index is -1.64. The molecule has 19 heavy (non-hydrogen) atoms. The third-order valence-electron chi connectivity index (χ3n) is 3.24. The molecule has 1 aliphatic heterocycles. The van der Waals surface area contributed by atoms with Crippen LogP contribution < -0.4 is 0 Å². The van der Waals surface area contributed by atoms with Crippen molar-refractivity contribution < 1.29 is 14.7 Å². The summed E-state index contributed by atoms with van der Waals surface area (Å²) in [6.45, 7) is 0. The highest BCUT2D eigenvalue weighted by molar-refractivity contribution is 5.96. The smallest absolute Gasteiger partial charge is 0.277 e. The zero-order valence-electron chi connectivity index (χ0n) is 10.4. The Morgan fingerprint density at radius 3 is 2.42 bits per heavy atom. The Labute approximate surface area is 110 Å². The van der Waals surface area contributed by atoms with Crippen LogP contribution in [0.1, 0.15) is 21.5 Å². The number of hydrogen-bond donors (Lipinski definition) is 1. The molecule has 1 amide bonds. The number of carbonyl (C=O) groups excluding carboxylic acids is 1. The standard InChI is InChI=1S/C15H13NO3/c1-16-14(17)12-9-5-6-10-13(12)15(18,19-16)11-7-3-2-4-8-11/h2-10,18H,1H3/t15-/m1/s1. The minimum absolute atomic E-state index is 0.267. The number of hydrogen-bond acceptors (Lipinski definition) is 3. The average molecular weight is 255 g/mol. The number of nitrogens with zero attached hydrogens (tertiary/aromatic N) is 1. The number of aliphatic hydroxyl groups is 1. The molecular weight excluding hydrogens is 242 g/mol. The lowest BCUT2D eigenvalue weighted by Gasteiger charge is -2.37. The molecule has 2 aromatic rings. The van der Waals surface area contributed by atoms with Crippen molar-refractivity contribution >= 4 is 5.91 Å². The molecule has 0 unspecified atom stereocenters. The summed E-state index contributed by atoms with van der Waals surface area (Å²) in [4.78, 5) is 17.5. The lowest BCUT2D eigenvalue weighted by atomic mass is 9.92. The van der Waals surface area contributed by atoms with Crippen LogP contribution in [0.2, 0.25) is 0 Å². The van der Waals surface area contributed by atoms with Crippen molar-refractivity contribution in [3.63, 3.8) is 0 Å². The molecule has 4 heteroatoms. The highest BCUT2D eigenvalue weighted by Gasteiger charge is 2.43. The Morgan fingerprint density at radius 2 is 1.68 bits per heavy atom. The van der Waals surface area contributed by atoms with Crippen molar-refractivity contribution in [1.29, 1.82) is 0 Å². The maximum Gasteiger partial charge on any atom is 0.277 e. The normalized spacial score (nSPS) is 22.2. The third-order valence-corrected chi connectivity index (χ3v) is 3.24. The first-order valence-corrected chi connectivity index (χ1v) is 5.97. The molecule has 0 saturated carbocycles. The van der Waals surface area contributed by atoms with Gasteiger partial charge in [-0.15, -0.1) is 0 Å². The maximum atomic E-state index is 12.0. The van der Waals surface area contributed by atoms with Gasteiger partial charge >= 0.3 is 0 Å². The topological polar surface area (TPSA) is 49.8 Å². The van der Waals surface area contributed by atoms with Gasteiger partial charge in [-0.2, -0.15) is 0 Å². The number of benzene rings is 2. The summed E-state index contributed by atoms with van der Waals surface area (Å²) in [5, 5.41) is 11.9. The number of hydroxylamine groups is 2. The summed E-state index contributed by atoms with van der Waals surface area (Å²) in [6.07, 6.45) is 0. The Kier molecular flexibility index (Phi) is 2.62. The fraction of sp³-hybridized carbons (Fsp3) is 0.133. The van der Waals surface area contributed by atoms with Crippen molar-refractivity contribution in [2.24, 2.45) is 0 Å². The van der Waals surface area contributed by atoms with Crippen LogP contribution >= 0.6 is 0 Å². The molecule has 0 aliphatic carbocycles. The molecule has 0 bridgehead atoms. The summed E-state index contributed by atoms with van der Waals surface area (Å²) < 4.78 is 0. The van der Waals surface area contributed by atoms with E-state index in [1.165, 1.54) is 7.05 Å². The van der Waals surface area contributed by atoms with Crippen LogP contribution in [0.25, 0.3) is 0 Å². The van der Waals surface area contributed by atoms with E-state index in [9.17, 15) is 9.90 Å². The van der Waals surface area contributed by atoms with Crippen molar-refractivity contribution in [2.45, 2.75) is 5.79 Å². The summed E-state index contributed by atoms with van der Waals surface area (Å²) in [6, 6.07) is 15.9. The monoisotopic (exact) mass is 255 g/mol.